The lowest BCUT2D eigenvalue weighted by Gasteiger charge is -2.56. The molecular formula is C24H28ClF2NO5S2. The van der Waals surface area contributed by atoms with Crippen LogP contribution in [-0.2, 0) is 24.6 Å². The Balaban J connectivity index is 0.00000289. The van der Waals surface area contributed by atoms with Gasteiger partial charge in [-0.2, -0.15) is 4.31 Å². The van der Waals surface area contributed by atoms with Crippen molar-refractivity contribution < 1.29 is 30.4 Å². The zero-order chi connectivity index (χ0) is 24.5. The average Bonchev–Trinajstić information content (AvgIpc) is 2.80. The van der Waals surface area contributed by atoms with E-state index >= 15 is 4.39 Å². The number of hydrogen-bond acceptors (Lipinski definition) is 5. The number of benzene rings is 2. The molecule has 4 atom stereocenters. The van der Waals surface area contributed by atoms with Crippen molar-refractivity contribution in [2.45, 2.75) is 49.3 Å². The number of rotatable bonds is 3. The van der Waals surface area contributed by atoms with Crippen molar-refractivity contribution in [1.29, 1.82) is 0 Å². The van der Waals surface area contributed by atoms with Gasteiger partial charge in [0.1, 0.15) is 10.6 Å². The summed E-state index contributed by atoms with van der Waals surface area (Å²) in [6.45, 7) is 1.85. The van der Waals surface area contributed by atoms with E-state index in [4.69, 9.17) is 16.3 Å². The van der Waals surface area contributed by atoms with Crippen molar-refractivity contribution in [3.05, 3.63) is 58.6 Å². The van der Waals surface area contributed by atoms with Crippen LogP contribution in [0.2, 0.25) is 5.02 Å². The Morgan fingerprint density at radius 3 is 2.43 bits per heavy atom. The molecule has 11 heteroatoms. The Labute approximate surface area is 210 Å². The summed E-state index contributed by atoms with van der Waals surface area (Å²) >= 11 is 5.97. The molecule has 2 fully saturated rings. The van der Waals surface area contributed by atoms with Crippen LogP contribution < -0.4 is 4.74 Å². The van der Waals surface area contributed by atoms with Crippen molar-refractivity contribution in [2.24, 2.45) is 11.8 Å². The van der Waals surface area contributed by atoms with Gasteiger partial charge in [-0.15, -0.1) is 0 Å². The van der Waals surface area contributed by atoms with E-state index < -0.39 is 54.1 Å². The fourth-order valence-electron chi connectivity index (χ4n) is 6.27. The van der Waals surface area contributed by atoms with Gasteiger partial charge < -0.3 is 4.74 Å². The molecule has 0 spiro atoms. The van der Waals surface area contributed by atoms with Crippen LogP contribution in [0.15, 0.2) is 41.3 Å². The van der Waals surface area contributed by atoms with Gasteiger partial charge >= 0.3 is 0 Å². The van der Waals surface area contributed by atoms with E-state index in [1.54, 1.807) is 6.92 Å². The first-order chi connectivity index (χ1) is 16.0. The normalized spacial score (nSPS) is 29.7. The second kappa shape index (κ2) is 8.97. The van der Waals surface area contributed by atoms with Crippen molar-refractivity contribution in [3.8, 4) is 5.75 Å². The van der Waals surface area contributed by atoms with Crippen LogP contribution >= 0.6 is 11.6 Å². The van der Waals surface area contributed by atoms with E-state index in [9.17, 15) is 21.2 Å². The number of sulfonamides is 1. The summed E-state index contributed by atoms with van der Waals surface area (Å²) in [5.74, 6) is -3.36. The van der Waals surface area contributed by atoms with Gasteiger partial charge in [0.15, 0.2) is 21.4 Å². The highest BCUT2D eigenvalue weighted by Gasteiger charge is 2.64. The molecule has 2 aromatic carbocycles. The molecule has 0 aromatic heterocycles. The molecule has 0 unspecified atom stereocenters. The number of fused-ring (bicyclic) bond motifs is 5. The minimum Gasteiger partial charge on any atom is -0.490 e. The van der Waals surface area contributed by atoms with E-state index in [0.717, 1.165) is 12.1 Å². The third kappa shape index (κ3) is 3.70. The lowest BCUT2D eigenvalue weighted by atomic mass is 9.64. The van der Waals surface area contributed by atoms with Crippen LogP contribution in [0.4, 0.5) is 8.78 Å². The maximum Gasteiger partial charge on any atom is 0.214 e. The molecule has 35 heavy (non-hydrogen) atoms. The lowest BCUT2D eigenvalue weighted by Crippen LogP contribution is -2.63. The van der Waals surface area contributed by atoms with Gasteiger partial charge in [-0.05, 0) is 61.6 Å². The second-order valence-corrected chi connectivity index (χ2v) is 13.8. The molecule has 1 saturated heterocycles. The summed E-state index contributed by atoms with van der Waals surface area (Å²) in [5, 5.41) is 0.345. The maximum absolute atomic E-state index is 15.4. The minimum atomic E-state index is -4.27. The summed E-state index contributed by atoms with van der Waals surface area (Å²) in [6.07, 6.45) is 0.366. The first-order valence-electron chi connectivity index (χ1n) is 11.2. The summed E-state index contributed by atoms with van der Waals surface area (Å²) in [7, 11) is -7.75. The quantitative estimate of drug-likeness (QED) is 0.553. The Morgan fingerprint density at radius 1 is 1.11 bits per heavy atom. The van der Waals surface area contributed by atoms with E-state index in [1.807, 2.05) is 0 Å². The number of ether oxygens (including phenoxy) is 1. The maximum atomic E-state index is 15.4. The van der Waals surface area contributed by atoms with Gasteiger partial charge in [0.05, 0.1) is 22.8 Å². The second-order valence-electron chi connectivity index (χ2n) is 9.08. The van der Waals surface area contributed by atoms with Crippen molar-refractivity contribution in [2.75, 3.05) is 18.9 Å². The fraction of sp³-hybridized carbons (Fsp3) is 0.500. The van der Waals surface area contributed by atoms with Crippen molar-refractivity contribution in [3.63, 3.8) is 0 Å². The first kappa shape index (κ1) is 26.3. The number of halogens is 3. The molecule has 6 nitrogen and oxygen atoms in total. The third-order valence-corrected chi connectivity index (χ3v) is 12.5. The molecule has 2 heterocycles. The topological polar surface area (TPSA) is 80.8 Å². The summed E-state index contributed by atoms with van der Waals surface area (Å²) in [5.41, 5.74) is -0.298. The molecular weight excluding hydrogens is 520 g/mol. The summed E-state index contributed by atoms with van der Waals surface area (Å²) in [4.78, 5) is -0.0485. The highest BCUT2D eigenvalue weighted by molar-refractivity contribution is 7.92. The Hall–Kier alpha value is -1.75. The van der Waals surface area contributed by atoms with Crippen LogP contribution in [0.5, 0.6) is 5.75 Å². The van der Waals surface area contributed by atoms with E-state index in [0.29, 0.717) is 5.02 Å². The molecule has 192 valence electrons. The van der Waals surface area contributed by atoms with Gasteiger partial charge in [-0.1, -0.05) is 26.0 Å². The van der Waals surface area contributed by atoms with Gasteiger partial charge in [0.25, 0.3) is 0 Å². The highest BCUT2D eigenvalue weighted by atomic mass is 35.5. The first-order valence-corrected chi connectivity index (χ1v) is 14.6. The van der Waals surface area contributed by atoms with Crippen LogP contribution in [0.3, 0.4) is 0 Å². The molecule has 0 radical (unpaired) electrons. The Kier molecular flexibility index (Phi) is 6.75. The molecule has 2 aliphatic heterocycles. The largest absolute Gasteiger partial charge is 0.490 e. The number of nitrogens with zero attached hydrogens (tertiary/aromatic N) is 1. The minimum absolute atomic E-state index is 0. The molecule has 0 bridgehead atoms. The monoisotopic (exact) mass is 547 g/mol. The molecule has 0 N–H and O–H groups in total. The highest BCUT2D eigenvalue weighted by Crippen LogP contribution is 2.60. The van der Waals surface area contributed by atoms with Crippen LogP contribution in [0.1, 0.15) is 39.2 Å². The van der Waals surface area contributed by atoms with Crippen LogP contribution in [-0.4, -0.2) is 46.1 Å². The van der Waals surface area contributed by atoms with Gasteiger partial charge in [-0.25, -0.2) is 25.6 Å². The lowest BCUT2D eigenvalue weighted by molar-refractivity contribution is 0.0231. The standard InChI is InChI=1S/C23H24ClF2NO5S2.CH4/c1-2-27-20-9-11-23(34(30,31)15-5-3-14(24)4-6-15)17(16(20)10-12-33(27,28)29)13-32-22-19(26)8-7-18(25)21(22)23;/h3-8,16-17,20H,2,9-13H2,1H3;1H4/t16-,17-,20+,23-;/m0./s1. The van der Waals surface area contributed by atoms with E-state index in [-0.39, 0.29) is 61.8 Å². The number of hydrogen-bond donors (Lipinski definition) is 0. The van der Waals surface area contributed by atoms with Crippen LogP contribution in [0, 0.1) is 23.5 Å². The smallest absolute Gasteiger partial charge is 0.214 e. The molecule has 5 rings (SSSR count). The SMILES string of the molecule is C.CCN1[C@@H]2CC[C@@]3(S(=O)(=O)c4ccc(Cl)cc4)c4c(F)ccc(F)c4OC[C@H]3[C@@H]2CCS1(=O)=O. The third-order valence-electron chi connectivity index (χ3n) is 7.66. The molecule has 1 saturated carbocycles. The zero-order valence-corrected chi connectivity index (χ0v) is 20.8. The molecule has 3 aliphatic rings. The fourth-order valence-corrected chi connectivity index (χ4v) is 10.7. The molecule has 2 aromatic rings. The van der Waals surface area contributed by atoms with Crippen molar-refractivity contribution in [1.82, 2.24) is 4.31 Å². The van der Waals surface area contributed by atoms with E-state index in [2.05, 4.69) is 0 Å². The molecule has 0 amide bonds. The van der Waals surface area contributed by atoms with Gasteiger partial charge in [0, 0.05) is 23.5 Å². The number of sulfone groups is 1. The van der Waals surface area contributed by atoms with Crippen molar-refractivity contribution >= 4 is 31.5 Å². The predicted octanol–water partition coefficient (Wildman–Crippen LogP) is 4.77. The summed E-state index contributed by atoms with van der Waals surface area (Å²) in [6, 6.07) is 7.05. The van der Waals surface area contributed by atoms with Crippen LogP contribution in [0.25, 0.3) is 0 Å². The Morgan fingerprint density at radius 2 is 1.77 bits per heavy atom. The zero-order valence-electron chi connectivity index (χ0n) is 18.4. The predicted molar refractivity (Wildman–Crippen MR) is 130 cm³/mol. The molecule has 1 aliphatic carbocycles. The average molecular weight is 548 g/mol. The van der Waals surface area contributed by atoms with Gasteiger partial charge in [-0.3, -0.25) is 0 Å². The van der Waals surface area contributed by atoms with E-state index in [1.165, 1.54) is 28.6 Å². The Bertz CT molecular complexity index is 1350. The van der Waals surface area contributed by atoms with Gasteiger partial charge in [0.2, 0.25) is 10.0 Å². The summed E-state index contributed by atoms with van der Waals surface area (Å²) < 4.78 is 89.6.